The minimum Gasteiger partial charge on any atom is -0.384 e. The lowest BCUT2D eigenvalue weighted by Gasteiger charge is -2.44. The van der Waals surface area contributed by atoms with E-state index in [4.69, 9.17) is 4.74 Å². The number of halogens is 2. The third-order valence-corrected chi connectivity index (χ3v) is 1.86. The van der Waals surface area contributed by atoms with E-state index in [1.165, 1.54) is 0 Å². The molecule has 0 bridgehead atoms. The van der Waals surface area contributed by atoms with Gasteiger partial charge in [0.25, 0.3) is 0 Å². The predicted octanol–water partition coefficient (Wildman–Crippen LogP) is 2.07. The first kappa shape index (κ1) is 7.92. The van der Waals surface area contributed by atoms with Crippen LogP contribution in [0.15, 0.2) is 0 Å². The average Bonchev–Trinajstić information content (AvgIpc) is 1.58. The van der Waals surface area contributed by atoms with E-state index >= 15 is 0 Å². The molecule has 0 aromatic heterocycles. The van der Waals surface area contributed by atoms with E-state index in [9.17, 15) is 8.78 Å². The predicted molar refractivity (Wildman–Crippen MR) is 34.2 cm³/mol. The summed E-state index contributed by atoms with van der Waals surface area (Å²) in [6.07, 6.45) is -0.0400. The highest BCUT2D eigenvalue weighted by Crippen LogP contribution is 2.51. The van der Waals surface area contributed by atoms with Crippen LogP contribution in [0.2, 0.25) is 0 Å². The van der Waals surface area contributed by atoms with Crippen LogP contribution in [0.25, 0.3) is 0 Å². The van der Waals surface area contributed by atoms with Crippen LogP contribution in [0.3, 0.4) is 0 Å². The van der Waals surface area contributed by atoms with Gasteiger partial charge in [-0.25, -0.2) is 8.78 Å². The van der Waals surface area contributed by atoms with Crippen LogP contribution in [0.5, 0.6) is 0 Å². The topological polar surface area (TPSA) is 9.23 Å². The van der Waals surface area contributed by atoms with Gasteiger partial charge in [0.1, 0.15) is 0 Å². The maximum atomic E-state index is 12.3. The molecule has 0 unspecified atom stereocenters. The van der Waals surface area contributed by atoms with E-state index in [-0.39, 0.29) is 18.3 Å². The summed E-state index contributed by atoms with van der Waals surface area (Å²) in [7, 11) is 1.54. The number of methoxy groups -OCH3 is 1. The van der Waals surface area contributed by atoms with Gasteiger partial charge < -0.3 is 4.74 Å². The Morgan fingerprint density at radius 3 is 2.20 bits per heavy atom. The first-order valence-corrected chi connectivity index (χ1v) is 3.34. The molecule has 0 aromatic rings. The molecule has 1 fully saturated rings. The molecule has 0 saturated heterocycles. The van der Waals surface area contributed by atoms with Crippen LogP contribution in [-0.4, -0.2) is 19.6 Å². The van der Waals surface area contributed by atoms with Crippen molar-refractivity contribution in [1.82, 2.24) is 0 Å². The fourth-order valence-corrected chi connectivity index (χ4v) is 1.65. The normalized spacial score (nSPS) is 27.6. The molecule has 60 valence electrons. The average molecular weight is 150 g/mol. The molecule has 0 aromatic carbocycles. The summed E-state index contributed by atoms with van der Waals surface area (Å²) in [6, 6.07) is 0. The van der Waals surface area contributed by atoms with Crippen molar-refractivity contribution in [1.29, 1.82) is 0 Å². The van der Waals surface area contributed by atoms with Crippen molar-refractivity contribution in [3.05, 3.63) is 0 Å². The summed E-state index contributed by atoms with van der Waals surface area (Å²) in [5.74, 6) is -2.42. The van der Waals surface area contributed by atoms with Crippen molar-refractivity contribution in [3.63, 3.8) is 0 Å². The quantitative estimate of drug-likeness (QED) is 0.585. The Morgan fingerprint density at radius 1 is 1.40 bits per heavy atom. The van der Waals surface area contributed by atoms with Gasteiger partial charge in [-0.3, -0.25) is 0 Å². The molecule has 0 spiro atoms. The van der Waals surface area contributed by atoms with Gasteiger partial charge in [-0.05, 0) is 0 Å². The largest absolute Gasteiger partial charge is 0.384 e. The lowest BCUT2D eigenvalue weighted by atomic mass is 9.68. The lowest BCUT2D eigenvalue weighted by Crippen LogP contribution is -2.46. The minimum atomic E-state index is -2.42. The van der Waals surface area contributed by atoms with Gasteiger partial charge in [-0.1, -0.05) is 6.92 Å². The molecule has 10 heavy (non-hydrogen) atoms. The minimum absolute atomic E-state index is 0.0200. The van der Waals surface area contributed by atoms with Crippen LogP contribution < -0.4 is 0 Å². The lowest BCUT2D eigenvalue weighted by molar-refractivity contribution is -0.171. The first-order chi connectivity index (χ1) is 4.47. The van der Waals surface area contributed by atoms with E-state index in [0.29, 0.717) is 6.61 Å². The maximum absolute atomic E-state index is 12.3. The van der Waals surface area contributed by atoms with Crippen LogP contribution in [0, 0.1) is 5.41 Å². The van der Waals surface area contributed by atoms with E-state index in [1.807, 2.05) is 6.92 Å². The number of alkyl halides is 2. The number of hydrogen-bond donors (Lipinski definition) is 0. The van der Waals surface area contributed by atoms with Crippen LogP contribution in [0.1, 0.15) is 19.8 Å². The van der Waals surface area contributed by atoms with Gasteiger partial charge in [0.2, 0.25) is 5.92 Å². The van der Waals surface area contributed by atoms with E-state index in [1.54, 1.807) is 7.11 Å². The van der Waals surface area contributed by atoms with E-state index in [0.717, 1.165) is 0 Å². The van der Waals surface area contributed by atoms with Gasteiger partial charge in [0, 0.05) is 25.4 Å². The summed E-state index contributed by atoms with van der Waals surface area (Å²) >= 11 is 0. The standard InChI is InChI=1S/C7H12F2O/c1-6(5-10-2)3-7(8,9)4-6/h3-5H2,1-2H3. The second-order valence-electron chi connectivity index (χ2n) is 3.45. The monoisotopic (exact) mass is 150 g/mol. The highest BCUT2D eigenvalue weighted by Gasteiger charge is 2.53. The molecule has 1 rings (SSSR count). The molecule has 1 aliphatic carbocycles. The fraction of sp³-hybridized carbons (Fsp3) is 1.00. The SMILES string of the molecule is COCC1(C)CC(F)(F)C1. The molecule has 1 saturated carbocycles. The Morgan fingerprint density at radius 2 is 1.90 bits per heavy atom. The molecule has 0 atom stereocenters. The highest BCUT2D eigenvalue weighted by molar-refractivity contribution is 4.95. The third kappa shape index (κ3) is 1.45. The third-order valence-electron chi connectivity index (χ3n) is 1.86. The Bertz CT molecular complexity index is 126. The van der Waals surface area contributed by atoms with Gasteiger partial charge >= 0.3 is 0 Å². The number of ether oxygens (including phenoxy) is 1. The maximum Gasteiger partial charge on any atom is 0.249 e. The Balaban J connectivity index is 2.34. The Hall–Kier alpha value is -0.180. The molecule has 0 aliphatic heterocycles. The van der Waals surface area contributed by atoms with Crippen molar-refractivity contribution >= 4 is 0 Å². The van der Waals surface area contributed by atoms with Gasteiger partial charge in [-0.15, -0.1) is 0 Å². The number of hydrogen-bond acceptors (Lipinski definition) is 1. The molecule has 1 nitrogen and oxygen atoms in total. The highest BCUT2D eigenvalue weighted by atomic mass is 19.3. The molecule has 0 radical (unpaired) electrons. The zero-order valence-corrected chi connectivity index (χ0v) is 6.29. The Labute approximate surface area is 59.4 Å². The van der Waals surface area contributed by atoms with Gasteiger partial charge in [0.05, 0.1) is 6.61 Å². The zero-order valence-electron chi connectivity index (χ0n) is 6.29. The van der Waals surface area contributed by atoms with Crippen molar-refractivity contribution in [3.8, 4) is 0 Å². The Kier molecular flexibility index (Phi) is 1.71. The van der Waals surface area contributed by atoms with Gasteiger partial charge in [0.15, 0.2) is 0 Å². The van der Waals surface area contributed by atoms with E-state index in [2.05, 4.69) is 0 Å². The summed E-state index contributed by atoms with van der Waals surface area (Å²) in [6.45, 7) is 2.27. The van der Waals surface area contributed by atoms with Crippen molar-refractivity contribution in [2.45, 2.75) is 25.7 Å². The zero-order chi connectivity index (χ0) is 7.83. The van der Waals surface area contributed by atoms with Crippen molar-refractivity contribution < 1.29 is 13.5 Å². The summed E-state index contributed by atoms with van der Waals surface area (Å²) in [5.41, 5.74) is -0.266. The first-order valence-electron chi connectivity index (χ1n) is 3.34. The summed E-state index contributed by atoms with van der Waals surface area (Å²) in [4.78, 5) is 0. The van der Waals surface area contributed by atoms with Crippen molar-refractivity contribution in [2.24, 2.45) is 5.41 Å². The van der Waals surface area contributed by atoms with Crippen LogP contribution >= 0.6 is 0 Å². The molecule has 0 N–H and O–H groups in total. The second kappa shape index (κ2) is 2.16. The van der Waals surface area contributed by atoms with E-state index < -0.39 is 5.92 Å². The summed E-state index contributed by atoms with van der Waals surface area (Å²) < 4.78 is 29.4. The molecule has 1 aliphatic rings. The van der Waals surface area contributed by atoms with Gasteiger partial charge in [-0.2, -0.15) is 0 Å². The van der Waals surface area contributed by atoms with Crippen LogP contribution in [0.4, 0.5) is 8.78 Å². The molecule has 0 heterocycles. The smallest absolute Gasteiger partial charge is 0.249 e. The summed E-state index contributed by atoms with van der Waals surface area (Å²) in [5, 5.41) is 0. The van der Waals surface area contributed by atoms with Crippen molar-refractivity contribution in [2.75, 3.05) is 13.7 Å². The fourth-order valence-electron chi connectivity index (χ4n) is 1.65. The molecular weight excluding hydrogens is 138 g/mol. The second-order valence-corrected chi connectivity index (χ2v) is 3.45. The molecular formula is C7H12F2O. The number of rotatable bonds is 2. The molecule has 0 amide bonds. The van der Waals surface area contributed by atoms with Crippen LogP contribution in [-0.2, 0) is 4.74 Å². The molecule has 3 heteroatoms.